The van der Waals surface area contributed by atoms with Gasteiger partial charge in [-0.15, -0.1) is 0 Å². The maximum Gasteiger partial charge on any atom is 0.337 e. The number of nitrogens with two attached hydrogens (primary N) is 1. The molecule has 1 heterocycles. The summed E-state index contributed by atoms with van der Waals surface area (Å²) < 4.78 is 22.7. The van der Waals surface area contributed by atoms with Crippen LogP contribution in [-0.4, -0.2) is 43.3 Å². The minimum Gasteiger partial charge on any atom is -0.478 e. The van der Waals surface area contributed by atoms with Crippen LogP contribution in [0.5, 0.6) is 0 Å². The van der Waals surface area contributed by atoms with E-state index < -0.39 is 21.6 Å². The molecule has 0 amide bonds. The third-order valence-electron chi connectivity index (χ3n) is 3.54. The molecular formula is C13H18N2O5S. The van der Waals surface area contributed by atoms with Crippen molar-refractivity contribution in [3.8, 4) is 0 Å². The van der Waals surface area contributed by atoms with E-state index in [-0.39, 0.29) is 10.5 Å². The predicted molar refractivity (Wildman–Crippen MR) is 76.8 cm³/mol. The third-order valence-corrected chi connectivity index (χ3v) is 4.45. The molecule has 21 heavy (non-hydrogen) atoms. The normalized spacial score (nSPS) is 23.1. The minimum atomic E-state index is -3.96. The molecule has 0 aliphatic carbocycles. The molecule has 0 aromatic heterocycles. The number of carboxylic acid groups (broad SMARTS) is 1. The van der Waals surface area contributed by atoms with Crippen LogP contribution < -0.4 is 10.0 Å². The van der Waals surface area contributed by atoms with E-state index >= 15 is 0 Å². The lowest BCUT2D eigenvalue weighted by atomic mass is 9.94. The Morgan fingerprint density at radius 3 is 2.62 bits per heavy atom. The number of β-amino-alcohol motifs (C(OH)–C–C–N with tert-alkyl or cyclic N) is 1. The fourth-order valence-electron chi connectivity index (χ4n) is 2.56. The van der Waals surface area contributed by atoms with Crippen LogP contribution in [0.4, 0.5) is 5.69 Å². The molecular weight excluding hydrogens is 296 g/mol. The van der Waals surface area contributed by atoms with Gasteiger partial charge in [-0.1, -0.05) is 0 Å². The second kappa shape index (κ2) is 5.28. The molecule has 1 aliphatic heterocycles. The van der Waals surface area contributed by atoms with Crippen LogP contribution in [0.2, 0.25) is 0 Å². The predicted octanol–water partition coefficient (Wildman–Crippen LogP) is 0.383. The highest BCUT2D eigenvalue weighted by Gasteiger charge is 2.30. The van der Waals surface area contributed by atoms with Crippen molar-refractivity contribution in [3.63, 3.8) is 0 Å². The number of primary sulfonamides is 1. The van der Waals surface area contributed by atoms with E-state index in [4.69, 9.17) is 5.14 Å². The fourth-order valence-corrected chi connectivity index (χ4v) is 3.10. The summed E-state index contributed by atoms with van der Waals surface area (Å²) in [5, 5.41) is 24.4. The first kappa shape index (κ1) is 15.7. The van der Waals surface area contributed by atoms with Crippen molar-refractivity contribution in [3.05, 3.63) is 23.8 Å². The van der Waals surface area contributed by atoms with Gasteiger partial charge in [0, 0.05) is 13.1 Å². The lowest BCUT2D eigenvalue weighted by Crippen LogP contribution is -2.46. The number of carboxylic acids is 1. The molecule has 1 saturated heterocycles. The maximum atomic E-state index is 11.4. The Hall–Kier alpha value is -1.64. The molecule has 0 bridgehead atoms. The summed E-state index contributed by atoms with van der Waals surface area (Å²) in [5.41, 5.74) is -0.652. The van der Waals surface area contributed by atoms with E-state index in [0.717, 1.165) is 12.5 Å². The van der Waals surface area contributed by atoms with Crippen molar-refractivity contribution in [1.82, 2.24) is 0 Å². The Labute approximate surface area is 123 Å². The van der Waals surface area contributed by atoms with Gasteiger partial charge in [-0.3, -0.25) is 0 Å². The molecule has 1 aliphatic rings. The molecule has 7 nitrogen and oxygen atoms in total. The average molecular weight is 314 g/mol. The number of benzene rings is 1. The standard InChI is InChI=1S/C13H18N2O5S/c1-13(18)5-2-6-15(8-13)11-4-3-9(21(14,19)20)7-10(11)12(16)17/h3-4,7,18H,2,5-6,8H2,1H3,(H,16,17)(H2,14,19,20). The number of hydrogen-bond acceptors (Lipinski definition) is 5. The zero-order chi connectivity index (χ0) is 15.8. The number of aromatic carboxylic acids is 1. The van der Waals surface area contributed by atoms with Crippen LogP contribution in [0.1, 0.15) is 30.1 Å². The Morgan fingerprint density at radius 1 is 1.43 bits per heavy atom. The van der Waals surface area contributed by atoms with Gasteiger partial charge in [-0.25, -0.2) is 18.4 Å². The highest BCUT2D eigenvalue weighted by Crippen LogP contribution is 2.29. The number of hydrogen-bond donors (Lipinski definition) is 3. The smallest absolute Gasteiger partial charge is 0.337 e. The number of nitrogens with zero attached hydrogens (tertiary/aromatic N) is 1. The highest BCUT2D eigenvalue weighted by molar-refractivity contribution is 7.89. The number of carbonyl (C=O) groups is 1. The van der Waals surface area contributed by atoms with Crippen molar-refractivity contribution >= 4 is 21.7 Å². The first-order chi connectivity index (χ1) is 9.60. The van der Waals surface area contributed by atoms with Gasteiger partial charge in [0.05, 0.1) is 21.7 Å². The molecule has 0 radical (unpaired) electrons. The monoisotopic (exact) mass is 314 g/mol. The Morgan fingerprint density at radius 2 is 2.10 bits per heavy atom. The van der Waals surface area contributed by atoms with Crippen LogP contribution >= 0.6 is 0 Å². The number of sulfonamides is 1. The molecule has 1 aromatic rings. The topological polar surface area (TPSA) is 121 Å². The summed E-state index contributed by atoms with van der Waals surface area (Å²) in [6.07, 6.45) is 1.37. The quantitative estimate of drug-likeness (QED) is 0.742. The van der Waals surface area contributed by atoms with E-state index in [0.29, 0.717) is 25.2 Å². The summed E-state index contributed by atoms with van der Waals surface area (Å²) in [5.74, 6) is -1.24. The maximum absolute atomic E-state index is 11.4. The van der Waals surface area contributed by atoms with Gasteiger partial charge in [-0.2, -0.15) is 0 Å². The van der Waals surface area contributed by atoms with E-state index in [1.54, 1.807) is 11.8 Å². The molecule has 2 rings (SSSR count). The Balaban J connectivity index is 2.46. The second-order valence-electron chi connectivity index (χ2n) is 5.55. The minimum absolute atomic E-state index is 0.140. The molecule has 1 atom stereocenters. The number of aliphatic hydroxyl groups is 1. The lowest BCUT2D eigenvalue weighted by molar-refractivity contribution is 0.0446. The second-order valence-corrected chi connectivity index (χ2v) is 7.11. The number of anilines is 1. The number of rotatable bonds is 3. The van der Waals surface area contributed by atoms with E-state index in [1.807, 2.05) is 0 Å². The van der Waals surface area contributed by atoms with Gasteiger partial charge < -0.3 is 15.1 Å². The molecule has 1 fully saturated rings. The summed E-state index contributed by atoms with van der Waals surface area (Å²) in [6, 6.07) is 3.75. The van der Waals surface area contributed by atoms with Crippen molar-refractivity contribution in [1.29, 1.82) is 0 Å². The van der Waals surface area contributed by atoms with E-state index in [9.17, 15) is 23.4 Å². The van der Waals surface area contributed by atoms with Crippen molar-refractivity contribution < 1.29 is 23.4 Å². The molecule has 8 heteroatoms. The van der Waals surface area contributed by atoms with Gasteiger partial charge in [-0.05, 0) is 38.0 Å². The van der Waals surface area contributed by atoms with Gasteiger partial charge in [0.15, 0.2) is 0 Å². The lowest BCUT2D eigenvalue weighted by Gasteiger charge is -2.38. The summed E-state index contributed by atoms with van der Waals surface area (Å²) in [4.78, 5) is 12.9. The molecule has 1 unspecified atom stereocenters. The molecule has 0 saturated carbocycles. The van der Waals surface area contributed by atoms with Crippen LogP contribution in [0.15, 0.2) is 23.1 Å². The Kier molecular flexibility index (Phi) is 3.96. The Bertz CT molecular complexity index is 669. The SMILES string of the molecule is CC1(O)CCCN(c2ccc(S(N)(=O)=O)cc2C(=O)O)C1. The summed E-state index contributed by atoms with van der Waals surface area (Å²) >= 11 is 0. The van der Waals surface area contributed by atoms with Gasteiger partial charge in [0.2, 0.25) is 10.0 Å². The van der Waals surface area contributed by atoms with Crippen LogP contribution in [-0.2, 0) is 10.0 Å². The van der Waals surface area contributed by atoms with Crippen LogP contribution in [0.25, 0.3) is 0 Å². The van der Waals surface area contributed by atoms with E-state index in [1.165, 1.54) is 12.1 Å². The summed E-state index contributed by atoms with van der Waals surface area (Å²) in [6.45, 7) is 2.59. The van der Waals surface area contributed by atoms with Gasteiger partial charge >= 0.3 is 5.97 Å². The molecule has 0 spiro atoms. The molecule has 1 aromatic carbocycles. The average Bonchev–Trinajstić information content (AvgIpc) is 2.35. The molecule has 4 N–H and O–H groups in total. The zero-order valence-corrected chi connectivity index (χ0v) is 12.4. The first-order valence-electron chi connectivity index (χ1n) is 6.48. The molecule has 116 valence electrons. The van der Waals surface area contributed by atoms with Crippen molar-refractivity contribution in [2.24, 2.45) is 5.14 Å². The van der Waals surface area contributed by atoms with E-state index in [2.05, 4.69) is 0 Å². The third kappa shape index (κ3) is 3.52. The van der Waals surface area contributed by atoms with Crippen LogP contribution in [0, 0.1) is 0 Å². The number of piperidine rings is 1. The summed E-state index contributed by atoms with van der Waals surface area (Å²) in [7, 11) is -3.96. The largest absolute Gasteiger partial charge is 0.478 e. The van der Waals surface area contributed by atoms with Gasteiger partial charge in [0.25, 0.3) is 0 Å². The van der Waals surface area contributed by atoms with Crippen LogP contribution in [0.3, 0.4) is 0 Å². The first-order valence-corrected chi connectivity index (χ1v) is 8.02. The zero-order valence-electron chi connectivity index (χ0n) is 11.6. The van der Waals surface area contributed by atoms with Crippen molar-refractivity contribution in [2.75, 3.05) is 18.0 Å². The highest BCUT2D eigenvalue weighted by atomic mass is 32.2. The fraction of sp³-hybridized carbons (Fsp3) is 0.462. The van der Waals surface area contributed by atoms with Crippen molar-refractivity contribution in [2.45, 2.75) is 30.3 Å². The van der Waals surface area contributed by atoms with Gasteiger partial charge in [0.1, 0.15) is 0 Å².